The Labute approximate surface area is 129 Å². The Kier molecular flexibility index (Phi) is 5.41. The van der Waals surface area contributed by atoms with Crippen molar-refractivity contribution < 1.29 is 0 Å². The molecular weight excluding hydrogens is 316 g/mol. The Morgan fingerprint density at radius 3 is 2.70 bits per heavy atom. The smallest absolute Gasteiger partial charge is 0.101 e. The van der Waals surface area contributed by atoms with Crippen LogP contribution in [0.1, 0.15) is 12.5 Å². The van der Waals surface area contributed by atoms with Gasteiger partial charge in [0.1, 0.15) is 6.07 Å². The van der Waals surface area contributed by atoms with Crippen molar-refractivity contribution in [3.63, 3.8) is 0 Å². The third kappa shape index (κ3) is 3.95. The number of rotatable bonds is 4. The molecule has 0 amide bonds. The summed E-state index contributed by atoms with van der Waals surface area (Å²) in [7, 11) is 2.17. The second-order valence-corrected chi connectivity index (χ2v) is 6.29. The number of piperazine rings is 1. The second-order valence-electron chi connectivity index (χ2n) is 5.37. The maximum absolute atomic E-state index is 9.16. The number of nitriles is 1. The van der Waals surface area contributed by atoms with Crippen LogP contribution in [0.25, 0.3) is 0 Å². The quantitative estimate of drug-likeness (QED) is 0.916. The third-order valence-corrected chi connectivity index (χ3v) is 4.34. The van der Waals surface area contributed by atoms with Gasteiger partial charge in [0.15, 0.2) is 0 Å². The number of anilines is 1. The molecule has 1 aliphatic rings. The molecule has 0 radical (unpaired) electrons. The third-order valence-electron chi connectivity index (χ3n) is 3.85. The first-order valence-electron chi connectivity index (χ1n) is 6.96. The Morgan fingerprint density at radius 2 is 2.05 bits per heavy atom. The molecule has 1 saturated heterocycles. The number of benzene rings is 1. The van der Waals surface area contributed by atoms with Crippen LogP contribution in [0.5, 0.6) is 0 Å². The number of nitrogens with zero attached hydrogens (tertiary/aromatic N) is 3. The molecule has 1 fully saturated rings. The monoisotopic (exact) mass is 336 g/mol. The number of likely N-dealkylation sites (N-methyl/N-ethyl adjacent to an activating group) is 1. The van der Waals surface area contributed by atoms with Crippen LogP contribution in [0.4, 0.5) is 5.69 Å². The fourth-order valence-electron chi connectivity index (χ4n) is 2.41. The molecule has 0 bridgehead atoms. The van der Waals surface area contributed by atoms with Gasteiger partial charge in [-0.25, -0.2) is 0 Å². The van der Waals surface area contributed by atoms with Crippen LogP contribution in [0, 0.1) is 11.3 Å². The Morgan fingerprint density at radius 1 is 1.35 bits per heavy atom. The van der Waals surface area contributed by atoms with Crippen LogP contribution in [-0.4, -0.2) is 55.6 Å². The lowest BCUT2D eigenvalue weighted by Gasteiger charge is -2.36. The minimum atomic E-state index is 0.471. The van der Waals surface area contributed by atoms with Crippen LogP contribution in [0.2, 0.25) is 0 Å². The van der Waals surface area contributed by atoms with Crippen molar-refractivity contribution in [2.75, 3.05) is 45.1 Å². The molecule has 0 aliphatic carbocycles. The molecule has 1 atom stereocenters. The highest BCUT2D eigenvalue weighted by Crippen LogP contribution is 2.20. The van der Waals surface area contributed by atoms with E-state index in [-0.39, 0.29) is 0 Å². The second kappa shape index (κ2) is 7.07. The van der Waals surface area contributed by atoms with E-state index in [0.29, 0.717) is 11.6 Å². The van der Waals surface area contributed by atoms with E-state index in [2.05, 4.69) is 51.1 Å². The SMILES string of the molecule is CC(CNc1ccc(Br)cc1C#N)N1CCN(C)CC1. The van der Waals surface area contributed by atoms with Gasteiger partial charge in [-0.2, -0.15) is 5.26 Å². The summed E-state index contributed by atoms with van der Waals surface area (Å²) in [6.07, 6.45) is 0. The van der Waals surface area contributed by atoms with Crippen LogP contribution in [0.15, 0.2) is 22.7 Å². The van der Waals surface area contributed by atoms with Crippen molar-refractivity contribution in [3.8, 4) is 6.07 Å². The topological polar surface area (TPSA) is 42.3 Å². The van der Waals surface area contributed by atoms with E-state index >= 15 is 0 Å². The lowest BCUT2D eigenvalue weighted by Crippen LogP contribution is -2.49. The first-order chi connectivity index (χ1) is 9.60. The van der Waals surface area contributed by atoms with Gasteiger partial charge in [-0.3, -0.25) is 4.90 Å². The van der Waals surface area contributed by atoms with Crippen LogP contribution >= 0.6 is 15.9 Å². The minimum Gasteiger partial charge on any atom is -0.382 e. The zero-order valence-corrected chi connectivity index (χ0v) is 13.7. The highest BCUT2D eigenvalue weighted by molar-refractivity contribution is 9.10. The predicted molar refractivity (Wildman–Crippen MR) is 85.9 cm³/mol. The van der Waals surface area contributed by atoms with Gasteiger partial charge in [0.25, 0.3) is 0 Å². The summed E-state index contributed by atoms with van der Waals surface area (Å²) in [6, 6.07) is 8.47. The van der Waals surface area contributed by atoms with E-state index < -0.39 is 0 Å². The number of hydrogen-bond donors (Lipinski definition) is 1. The summed E-state index contributed by atoms with van der Waals surface area (Å²) in [4.78, 5) is 4.86. The van der Waals surface area contributed by atoms with Gasteiger partial charge in [-0.1, -0.05) is 15.9 Å². The maximum atomic E-state index is 9.16. The van der Waals surface area contributed by atoms with Gasteiger partial charge < -0.3 is 10.2 Å². The fourth-order valence-corrected chi connectivity index (χ4v) is 2.77. The average Bonchev–Trinajstić information content (AvgIpc) is 2.46. The molecule has 0 saturated carbocycles. The Bertz CT molecular complexity index is 489. The van der Waals surface area contributed by atoms with Gasteiger partial charge in [0, 0.05) is 43.2 Å². The van der Waals surface area contributed by atoms with Gasteiger partial charge >= 0.3 is 0 Å². The van der Waals surface area contributed by atoms with Crippen molar-refractivity contribution in [2.24, 2.45) is 0 Å². The normalized spacial score (nSPS) is 18.5. The number of nitrogens with one attached hydrogen (secondary N) is 1. The largest absolute Gasteiger partial charge is 0.382 e. The van der Waals surface area contributed by atoms with E-state index in [4.69, 9.17) is 5.26 Å². The molecule has 1 aliphatic heterocycles. The summed E-state index contributed by atoms with van der Waals surface area (Å²) in [5, 5.41) is 12.6. The molecule has 2 rings (SSSR count). The Balaban J connectivity index is 1.90. The van der Waals surface area contributed by atoms with E-state index in [1.165, 1.54) is 0 Å². The summed E-state index contributed by atoms with van der Waals surface area (Å²) in [5.74, 6) is 0. The van der Waals surface area contributed by atoms with Gasteiger partial charge in [0.2, 0.25) is 0 Å². The molecule has 0 aromatic heterocycles. The zero-order chi connectivity index (χ0) is 14.5. The Hall–Kier alpha value is -1.09. The average molecular weight is 337 g/mol. The van der Waals surface area contributed by atoms with E-state index in [1.807, 2.05) is 18.2 Å². The highest BCUT2D eigenvalue weighted by atomic mass is 79.9. The lowest BCUT2D eigenvalue weighted by molar-refractivity contribution is 0.123. The van der Waals surface area contributed by atoms with E-state index in [1.54, 1.807) is 0 Å². The van der Waals surface area contributed by atoms with Crippen molar-refractivity contribution >= 4 is 21.6 Å². The summed E-state index contributed by atoms with van der Waals surface area (Å²) in [6.45, 7) is 7.59. The van der Waals surface area contributed by atoms with Crippen LogP contribution in [-0.2, 0) is 0 Å². The molecule has 1 unspecified atom stereocenters. The molecule has 20 heavy (non-hydrogen) atoms. The molecule has 4 nitrogen and oxygen atoms in total. The summed E-state index contributed by atoms with van der Waals surface area (Å²) >= 11 is 3.39. The van der Waals surface area contributed by atoms with Crippen LogP contribution in [0.3, 0.4) is 0 Å². The van der Waals surface area contributed by atoms with Gasteiger partial charge in [-0.05, 0) is 32.2 Å². The zero-order valence-electron chi connectivity index (χ0n) is 12.1. The van der Waals surface area contributed by atoms with E-state index in [9.17, 15) is 0 Å². The molecular formula is C15H21BrN4. The van der Waals surface area contributed by atoms with E-state index in [0.717, 1.165) is 42.9 Å². The molecule has 1 aromatic rings. The van der Waals surface area contributed by atoms with Crippen molar-refractivity contribution in [1.29, 1.82) is 5.26 Å². The molecule has 5 heteroatoms. The summed E-state index contributed by atoms with van der Waals surface area (Å²) in [5.41, 5.74) is 1.60. The molecule has 1 aromatic carbocycles. The first kappa shape index (κ1) is 15.3. The molecule has 1 N–H and O–H groups in total. The summed E-state index contributed by atoms with van der Waals surface area (Å²) < 4.78 is 0.937. The first-order valence-corrected chi connectivity index (χ1v) is 7.75. The van der Waals surface area contributed by atoms with Gasteiger partial charge in [0.05, 0.1) is 11.3 Å². The predicted octanol–water partition coefficient (Wildman–Crippen LogP) is 2.37. The standard InChI is InChI=1S/C15H21BrN4/c1-12(20-7-5-19(2)6-8-20)11-18-15-4-3-14(16)9-13(15)10-17/h3-4,9,12,18H,5-8,11H2,1-2H3. The number of hydrogen-bond acceptors (Lipinski definition) is 4. The van der Waals surface area contributed by atoms with Crippen molar-refractivity contribution in [1.82, 2.24) is 9.80 Å². The molecule has 108 valence electrons. The maximum Gasteiger partial charge on any atom is 0.101 e. The van der Waals surface area contributed by atoms with Crippen molar-refractivity contribution in [3.05, 3.63) is 28.2 Å². The fraction of sp³-hybridized carbons (Fsp3) is 0.533. The van der Waals surface area contributed by atoms with Crippen LogP contribution < -0.4 is 5.32 Å². The molecule has 0 spiro atoms. The number of halogens is 1. The highest BCUT2D eigenvalue weighted by Gasteiger charge is 2.18. The molecule has 1 heterocycles. The minimum absolute atomic E-state index is 0.471. The van der Waals surface area contributed by atoms with Gasteiger partial charge in [-0.15, -0.1) is 0 Å². The lowest BCUT2D eigenvalue weighted by atomic mass is 10.1. The van der Waals surface area contributed by atoms with Crippen molar-refractivity contribution in [2.45, 2.75) is 13.0 Å².